The van der Waals surface area contributed by atoms with Crippen LogP contribution < -0.4 is 0 Å². The summed E-state index contributed by atoms with van der Waals surface area (Å²) < 4.78 is 0. The van der Waals surface area contributed by atoms with Crippen molar-refractivity contribution >= 4 is 0 Å². The topological polar surface area (TPSA) is 0 Å². The predicted molar refractivity (Wildman–Crippen MR) is 0 cm³/mol. The molecule has 0 atom stereocenters. The Morgan fingerprint density at radius 2 is 1.25 bits per heavy atom. The molecule has 0 saturated carbocycles. The van der Waals surface area contributed by atoms with Crippen LogP contribution in [0.1, 0.15) is 0 Å². The van der Waals surface area contributed by atoms with E-state index in [1.54, 1.807) is 0 Å². The van der Waals surface area contributed by atoms with Gasteiger partial charge in [-0.2, -0.15) is 0 Å². The van der Waals surface area contributed by atoms with E-state index in [2.05, 4.69) is 28.4 Å². The normalized spacial score (nSPS) is 1.50. The average molecular weight is 314 g/mol. The molecule has 0 aromatic carbocycles. The van der Waals surface area contributed by atoms with E-state index in [0.717, 1.165) is 0 Å². The molecule has 0 saturated heterocycles. The SMILES string of the molecule is [Ce].[Cu].[Mn][Fe]. The van der Waals surface area contributed by atoms with Crippen LogP contribution in [0.3, 0.4) is 0 Å². The van der Waals surface area contributed by atoms with Crippen molar-refractivity contribution in [1.82, 2.24) is 0 Å². The maximum absolute atomic E-state index is 3.06. The van der Waals surface area contributed by atoms with Crippen molar-refractivity contribution in [3.05, 3.63) is 0 Å². The van der Waals surface area contributed by atoms with Gasteiger partial charge < -0.3 is 0 Å². The predicted octanol–water partition coefficient (Wildman–Crippen LogP) is -0.00750. The molecule has 0 aliphatic carbocycles. The van der Waals surface area contributed by atoms with Crippen LogP contribution in [0.15, 0.2) is 0 Å². The van der Waals surface area contributed by atoms with Gasteiger partial charge in [-0.05, 0) is 0 Å². The Labute approximate surface area is 85.3 Å². The second kappa shape index (κ2) is 16.8. The first-order valence-corrected chi connectivity index (χ1v) is 2.27. The van der Waals surface area contributed by atoms with Crippen LogP contribution in [0.2, 0.25) is 0 Å². The fourth-order valence-corrected chi connectivity index (χ4v) is 0. The molecule has 0 aliphatic heterocycles. The Bertz CT molecular complexity index is 8.00. The van der Waals surface area contributed by atoms with Gasteiger partial charge in [0.15, 0.2) is 0 Å². The Kier molecular flexibility index (Phi) is 66.2. The summed E-state index contributed by atoms with van der Waals surface area (Å²) in [5.41, 5.74) is 0. The molecule has 30 valence electrons. The first-order valence-electron chi connectivity index (χ1n) is 0.134. The molecule has 0 rings (SSSR count). The third-order valence-corrected chi connectivity index (χ3v) is 0. The first kappa shape index (κ1) is 15.8. The second-order valence-electron chi connectivity index (χ2n) is 0. The third kappa shape index (κ3) is 8.87. The summed E-state index contributed by atoms with van der Waals surface area (Å²) in [7, 11) is 0. The minimum absolute atomic E-state index is 0. The van der Waals surface area contributed by atoms with Crippen molar-refractivity contribution < 1.29 is 87.2 Å². The van der Waals surface area contributed by atoms with Gasteiger partial charge in [-0.15, -0.1) is 0 Å². The summed E-state index contributed by atoms with van der Waals surface area (Å²) in [6.45, 7) is 0. The zero-order chi connectivity index (χ0) is 2.00. The van der Waals surface area contributed by atoms with Crippen molar-refractivity contribution in [2.45, 2.75) is 0 Å². The molecule has 0 nitrogen and oxygen atoms in total. The van der Waals surface area contributed by atoms with Crippen molar-refractivity contribution in [3.8, 4) is 0 Å². The first-order chi connectivity index (χ1) is 1.00. The molecular formula is CeCuFeMn. The molecule has 4 heteroatoms. The van der Waals surface area contributed by atoms with Crippen LogP contribution in [-0.2, 0) is 45.4 Å². The van der Waals surface area contributed by atoms with Gasteiger partial charge in [-0.25, -0.2) is 0 Å². The standard InChI is InChI=1S/Ce.Cu.Fe.Mn. The molecule has 0 aromatic rings. The summed E-state index contributed by atoms with van der Waals surface area (Å²) >= 11 is 5.75. The van der Waals surface area contributed by atoms with Gasteiger partial charge in [0.2, 0.25) is 0 Å². The minimum atomic E-state index is 0. The maximum atomic E-state index is 3.06. The van der Waals surface area contributed by atoms with Crippen LogP contribution >= 0.6 is 0 Å². The molecule has 0 fully saturated rings. The molecule has 0 unspecified atom stereocenters. The van der Waals surface area contributed by atoms with Gasteiger partial charge in [0, 0.05) is 58.8 Å². The van der Waals surface area contributed by atoms with Gasteiger partial charge in [0.05, 0.1) is 0 Å². The molecule has 0 spiro atoms. The number of hydrogen-bond acceptors (Lipinski definition) is 0. The van der Waals surface area contributed by atoms with Crippen LogP contribution in [0, 0.1) is 41.7 Å². The van der Waals surface area contributed by atoms with E-state index in [-0.39, 0.29) is 58.8 Å². The fraction of sp³-hybridized carbons (Fsp3) is 0. The van der Waals surface area contributed by atoms with Crippen LogP contribution in [0.25, 0.3) is 0 Å². The summed E-state index contributed by atoms with van der Waals surface area (Å²) in [5.74, 6) is 0. The van der Waals surface area contributed by atoms with Crippen molar-refractivity contribution in [3.63, 3.8) is 0 Å². The van der Waals surface area contributed by atoms with Crippen molar-refractivity contribution in [2.24, 2.45) is 0 Å². The Hall–Kier alpha value is 2.94. The summed E-state index contributed by atoms with van der Waals surface area (Å²) in [4.78, 5) is 0. The van der Waals surface area contributed by atoms with Crippen LogP contribution in [0.4, 0.5) is 0 Å². The zero-order valence-electron chi connectivity index (χ0n) is 1.53. The monoisotopic (exact) mass is 314 g/mol. The summed E-state index contributed by atoms with van der Waals surface area (Å²) in [6, 6.07) is 0. The van der Waals surface area contributed by atoms with Gasteiger partial charge in [-0.1, -0.05) is 0 Å². The van der Waals surface area contributed by atoms with Crippen molar-refractivity contribution in [2.75, 3.05) is 0 Å². The number of rotatable bonds is 0. The van der Waals surface area contributed by atoms with Crippen LogP contribution in [0.5, 0.6) is 0 Å². The average Bonchev–Trinajstić information content (AvgIpc) is 1.00. The van der Waals surface area contributed by atoms with E-state index < -0.39 is 0 Å². The Morgan fingerprint density at radius 1 is 1.25 bits per heavy atom. The molecule has 0 N–H and O–H groups in total. The quantitative estimate of drug-likeness (QED) is 0.552. The van der Waals surface area contributed by atoms with E-state index in [1.807, 2.05) is 0 Å². The van der Waals surface area contributed by atoms with Gasteiger partial charge in [-0.3, -0.25) is 0 Å². The molecule has 0 aliphatic rings. The van der Waals surface area contributed by atoms with E-state index in [9.17, 15) is 0 Å². The molecule has 0 bridgehead atoms. The van der Waals surface area contributed by atoms with E-state index >= 15 is 0 Å². The Morgan fingerprint density at radius 3 is 1.25 bits per heavy atom. The molecule has 0 amide bonds. The summed E-state index contributed by atoms with van der Waals surface area (Å²) in [5, 5.41) is 0. The molecule has 4 heavy (non-hydrogen) atoms. The van der Waals surface area contributed by atoms with Gasteiger partial charge in [0.25, 0.3) is 0 Å². The molecule has 1 radical (unpaired) electrons. The van der Waals surface area contributed by atoms with Gasteiger partial charge >= 0.3 is 28.4 Å². The molecule has 0 aromatic heterocycles. The van der Waals surface area contributed by atoms with E-state index in [4.69, 9.17) is 0 Å². The summed E-state index contributed by atoms with van der Waals surface area (Å²) in [6.07, 6.45) is 0. The van der Waals surface area contributed by atoms with Gasteiger partial charge in [0.1, 0.15) is 0 Å². The second-order valence-corrected chi connectivity index (χ2v) is 0. The fourth-order valence-electron chi connectivity index (χ4n) is 0. The van der Waals surface area contributed by atoms with Crippen LogP contribution in [-0.4, -0.2) is 0 Å². The number of hydrogen-bond donors (Lipinski definition) is 0. The molecular weight excluding hydrogens is 314 g/mol. The van der Waals surface area contributed by atoms with Crippen molar-refractivity contribution in [1.29, 1.82) is 0 Å². The zero-order valence-corrected chi connectivity index (χ0v) is 7.90. The van der Waals surface area contributed by atoms with E-state index in [0.29, 0.717) is 0 Å². The van der Waals surface area contributed by atoms with E-state index in [1.165, 1.54) is 0 Å². The third-order valence-electron chi connectivity index (χ3n) is 0. The Balaban J connectivity index is -0.00000000500. The molecule has 0 heterocycles.